The minimum Gasteiger partial charge on any atom is -0.464 e. The molecule has 0 bridgehead atoms. The predicted octanol–water partition coefficient (Wildman–Crippen LogP) is 2.16. The maximum absolute atomic E-state index is 12.0. The molecule has 1 aromatic heterocycles. The zero-order valence-corrected chi connectivity index (χ0v) is 9.86. The number of hydrogen-bond donors (Lipinski definition) is 0. The van der Waals surface area contributed by atoms with Crippen molar-refractivity contribution in [3.63, 3.8) is 0 Å². The number of thiazole rings is 1. The van der Waals surface area contributed by atoms with Gasteiger partial charge >= 0.3 is 5.97 Å². The van der Waals surface area contributed by atoms with E-state index < -0.39 is 5.97 Å². The van der Waals surface area contributed by atoms with E-state index in [-0.39, 0.29) is 16.5 Å². The lowest BCUT2D eigenvalue weighted by Crippen LogP contribution is -2.04. The molecular formula is C12H9NO3S. The van der Waals surface area contributed by atoms with Crippen LogP contribution in [0.2, 0.25) is 0 Å². The summed E-state index contributed by atoms with van der Waals surface area (Å²) in [5, 5.41) is 1.80. The van der Waals surface area contributed by atoms with Crippen LogP contribution in [0, 0.1) is 0 Å². The number of carbonyl (C=O) groups is 2. The second kappa shape index (κ2) is 4.88. The summed E-state index contributed by atoms with van der Waals surface area (Å²) in [5.41, 5.74) is 0.718. The number of methoxy groups -OCH3 is 1. The van der Waals surface area contributed by atoms with Crippen molar-refractivity contribution >= 4 is 23.1 Å². The molecule has 0 atom stereocenters. The highest BCUT2D eigenvalue weighted by Gasteiger charge is 2.16. The Balaban J connectivity index is 2.27. The Bertz CT molecular complexity index is 548. The molecule has 17 heavy (non-hydrogen) atoms. The van der Waals surface area contributed by atoms with Crippen molar-refractivity contribution in [3.8, 4) is 0 Å². The molecule has 86 valence electrons. The maximum atomic E-state index is 12.0. The molecule has 0 saturated carbocycles. The highest BCUT2D eigenvalue weighted by molar-refractivity contribution is 7.12. The Morgan fingerprint density at radius 1 is 1.24 bits per heavy atom. The third kappa shape index (κ3) is 2.39. The fourth-order valence-electron chi connectivity index (χ4n) is 1.29. The van der Waals surface area contributed by atoms with E-state index in [1.807, 2.05) is 6.07 Å². The summed E-state index contributed by atoms with van der Waals surface area (Å²) in [4.78, 5) is 27.1. The molecule has 0 spiro atoms. The number of ketones is 1. The molecule has 0 aliphatic rings. The van der Waals surface area contributed by atoms with Crippen LogP contribution in [0.1, 0.15) is 25.9 Å². The molecule has 0 radical (unpaired) electrons. The minimum absolute atomic E-state index is 0.164. The number of esters is 1. The van der Waals surface area contributed by atoms with Crippen LogP contribution < -0.4 is 0 Å². The lowest BCUT2D eigenvalue weighted by atomic mass is 10.1. The van der Waals surface area contributed by atoms with Gasteiger partial charge < -0.3 is 4.74 Å². The number of nitrogens with zero attached hydrogens (tertiary/aromatic N) is 1. The van der Waals surface area contributed by atoms with Gasteiger partial charge in [-0.05, 0) is 0 Å². The lowest BCUT2D eigenvalue weighted by molar-refractivity contribution is 0.0595. The van der Waals surface area contributed by atoms with Crippen LogP contribution in [0.5, 0.6) is 0 Å². The molecule has 4 nitrogen and oxygen atoms in total. The SMILES string of the molecule is COC(=O)c1csc(C(=O)c2ccccc2)n1. The number of benzene rings is 1. The smallest absolute Gasteiger partial charge is 0.357 e. The first kappa shape index (κ1) is 11.5. The van der Waals surface area contributed by atoms with Gasteiger partial charge in [0.15, 0.2) is 10.7 Å². The molecule has 0 amide bonds. The first-order valence-corrected chi connectivity index (χ1v) is 5.74. The molecule has 0 saturated heterocycles. The molecule has 0 aliphatic heterocycles. The Hall–Kier alpha value is -2.01. The second-order valence-corrected chi connectivity index (χ2v) is 4.08. The van der Waals surface area contributed by atoms with Crippen LogP contribution in [0.25, 0.3) is 0 Å². The van der Waals surface area contributed by atoms with Crippen molar-refractivity contribution in [2.45, 2.75) is 0 Å². The largest absolute Gasteiger partial charge is 0.464 e. The summed E-state index contributed by atoms with van der Waals surface area (Å²) in [7, 11) is 1.28. The molecular weight excluding hydrogens is 238 g/mol. The van der Waals surface area contributed by atoms with E-state index in [4.69, 9.17) is 0 Å². The van der Waals surface area contributed by atoms with Crippen LogP contribution in [0.15, 0.2) is 35.7 Å². The number of carbonyl (C=O) groups excluding carboxylic acids is 2. The van der Waals surface area contributed by atoms with E-state index in [2.05, 4.69) is 9.72 Å². The molecule has 2 aromatic rings. The Labute approximate surface area is 102 Å². The van der Waals surface area contributed by atoms with Gasteiger partial charge in [-0.25, -0.2) is 9.78 Å². The first-order valence-electron chi connectivity index (χ1n) is 4.86. The average Bonchev–Trinajstić information content (AvgIpc) is 2.87. The highest BCUT2D eigenvalue weighted by atomic mass is 32.1. The molecule has 0 N–H and O–H groups in total. The normalized spacial score (nSPS) is 9.94. The standard InChI is InChI=1S/C12H9NO3S/c1-16-12(15)9-7-17-11(13-9)10(14)8-5-3-2-4-6-8/h2-7H,1H3. The Morgan fingerprint density at radius 2 is 1.94 bits per heavy atom. The summed E-state index contributed by atoms with van der Waals surface area (Å²) in [6, 6.07) is 8.81. The predicted molar refractivity (Wildman–Crippen MR) is 63.3 cm³/mol. The first-order chi connectivity index (χ1) is 8.22. The monoisotopic (exact) mass is 247 g/mol. The number of aromatic nitrogens is 1. The van der Waals surface area contributed by atoms with Crippen molar-refractivity contribution in [1.82, 2.24) is 4.98 Å². The van der Waals surface area contributed by atoms with Gasteiger partial charge in [-0.2, -0.15) is 0 Å². The molecule has 2 rings (SSSR count). The summed E-state index contributed by atoms with van der Waals surface area (Å²) >= 11 is 1.13. The molecule has 1 aromatic carbocycles. The van der Waals surface area contributed by atoms with E-state index >= 15 is 0 Å². The minimum atomic E-state index is -0.534. The highest BCUT2D eigenvalue weighted by Crippen LogP contribution is 2.15. The van der Waals surface area contributed by atoms with E-state index in [0.29, 0.717) is 5.56 Å². The van der Waals surface area contributed by atoms with Gasteiger partial charge in [-0.15, -0.1) is 11.3 Å². The fraction of sp³-hybridized carbons (Fsp3) is 0.0833. The summed E-state index contributed by atoms with van der Waals surface area (Å²) in [6.07, 6.45) is 0. The molecule has 5 heteroatoms. The topological polar surface area (TPSA) is 56.3 Å². The molecule has 0 unspecified atom stereocenters. The third-order valence-corrected chi connectivity index (χ3v) is 2.97. The van der Waals surface area contributed by atoms with Crippen molar-refractivity contribution in [1.29, 1.82) is 0 Å². The lowest BCUT2D eigenvalue weighted by Gasteiger charge is -1.95. The molecule has 0 aliphatic carbocycles. The van der Waals surface area contributed by atoms with Crippen LogP contribution in [-0.2, 0) is 4.74 Å². The van der Waals surface area contributed by atoms with E-state index in [1.165, 1.54) is 12.5 Å². The van der Waals surface area contributed by atoms with Gasteiger partial charge in [0.2, 0.25) is 5.78 Å². The summed E-state index contributed by atoms with van der Waals surface area (Å²) in [5.74, 6) is -0.723. The molecule has 1 heterocycles. The maximum Gasteiger partial charge on any atom is 0.357 e. The van der Waals surface area contributed by atoms with Crippen molar-refractivity contribution in [2.24, 2.45) is 0 Å². The zero-order chi connectivity index (χ0) is 12.3. The fourth-order valence-corrected chi connectivity index (χ4v) is 2.04. The average molecular weight is 247 g/mol. The number of ether oxygens (including phenoxy) is 1. The van der Waals surface area contributed by atoms with Crippen LogP contribution in [-0.4, -0.2) is 23.8 Å². The van der Waals surface area contributed by atoms with Gasteiger partial charge in [-0.1, -0.05) is 30.3 Å². The van der Waals surface area contributed by atoms with E-state index in [9.17, 15) is 9.59 Å². The van der Waals surface area contributed by atoms with Gasteiger partial charge in [0, 0.05) is 10.9 Å². The van der Waals surface area contributed by atoms with Gasteiger partial charge in [0.25, 0.3) is 0 Å². The van der Waals surface area contributed by atoms with Crippen molar-refractivity contribution < 1.29 is 14.3 Å². The number of rotatable bonds is 3. The zero-order valence-electron chi connectivity index (χ0n) is 9.04. The summed E-state index contributed by atoms with van der Waals surface area (Å²) < 4.78 is 4.53. The Morgan fingerprint density at radius 3 is 2.59 bits per heavy atom. The van der Waals surface area contributed by atoms with E-state index in [1.54, 1.807) is 24.3 Å². The number of hydrogen-bond acceptors (Lipinski definition) is 5. The van der Waals surface area contributed by atoms with Gasteiger partial charge in [0.1, 0.15) is 0 Å². The van der Waals surface area contributed by atoms with Crippen LogP contribution >= 0.6 is 11.3 Å². The van der Waals surface area contributed by atoms with Crippen LogP contribution in [0.3, 0.4) is 0 Å². The van der Waals surface area contributed by atoms with E-state index in [0.717, 1.165) is 11.3 Å². The third-order valence-electron chi connectivity index (χ3n) is 2.13. The quantitative estimate of drug-likeness (QED) is 0.616. The van der Waals surface area contributed by atoms with Gasteiger partial charge in [0.05, 0.1) is 7.11 Å². The van der Waals surface area contributed by atoms with Crippen molar-refractivity contribution in [2.75, 3.05) is 7.11 Å². The Kier molecular flexibility index (Phi) is 3.30. The second-order valence-electron chi connectivity index (χ2n) is 3.22. The van der Waals surface area contributed by atoms with Crippen LogP contribution in [0.4, 0.5) is 0 Å². The molecule has 0 fully saturated rings. The van der Waals surface area contributed by atoms with Gasteiger partial charge in [-0.3, -0.25) is 4.79 Å². The van der Waals surface area contributed by atoms with Crippen molar-refractivity contribution in [3.05, 3.63) is 52.0 Å². The summed E-state index contributed by atoms with van der Waals surface area (Å²) in [6.45, 7) is 0.